The van der Waals surface area contributed by atoms with Crippen molar-refractivity contribution in [2.24, 2.45) is 5.92 Å². The van der Waals surface area contributed by atoms with Gasteiger partial charge in [-0.15, -0.1) is 0 Å². The number of nitrogens with one attached hydrogen (secondary N) is 1. The van der Waals surface area contributed by atoms with E-state index in [0.29, 0.717) is 32.2 Å². The number of rotatable bonds is 6. The third-order valence-electron chi connectivity index (χ3n) is 4.46. The van der Waals surface area contributed by atoms with Crippen molar-refractivity contribution in [3.05, 3.63) is 29.8 Å². The van der Waals surface area contributed by atoms with Crippen LogP contribution in [0.15, 0.2) is 24.3 Å². The lowest BCUT2D eigenvalue weighted by molar-refractivity contribution is -0.127. The fraction of sp³-hybridized carbons (Fsp3) is 0.579. The van der Waals surface area contributed by atoms with Crippen LogP contribution < -0.4 is 10.2 Å². The van der Waals surface area contributed by atoms with E-state index < -0.39 is 0 Å². The molecule has 0 unspecified atom stereocenters. The summed E-state index contributed by atoms with van der Waals surface area (Å²) < 4.78 is 5.28. The lowest BCUT2D eigenvalue weighted by Crippen LogP contribution is -2.41. The molecule has 0 spiro atoms. The van der Waals surface area contributed by atoms with Crippen molar-refractivity contribution in [2.45, 2.75) is 39.5 Å². The summed E-state index contributed by atoms with van der Waals surface area (Å²) in [5.74, 6) is 0.426. The van der Waals surface area contributed by atoms with E-state index in [1.807, 2.05) is 18.2 Å². The largest absolute Gasteiger partial charge is 0.381 e. The minimum absolute atomic E-state index is 0.0107. The monoisotopic (exact) mass is 332 g/mol. The second-order valence-corrected chi connectivity index (χ2v) is 6.56. The summed E-state index contributed by atoms with van der Waals surface area (Å²) in [4.78, 5) is 26.0. The Morgan fingerprint density at radius 3 is 2.54 bits per heavy atom. The Morgan fingerprint density at radius 2 is 1.92 bits per heavy atom. The average Bonchev–Trinajstić information content (AvgIpc) is 2.59. The molecule has 0 bridgehead atoms. The van der Waals surface area contributed by atoms with Gasteiger partial charge in [-0.05, 0) is 30.4 Å². The van der Waals surface area contributed by atoms with Crippen molar-refractivity contribution in [3.8, 4) is 0 Å². The Bertz CT molecular complexity index is 565. The Balaban J connectivity index is 1.97. The first-order valence-corrected chi connectivity index (χ1v) is 8.73. The second-order valence-electron chi connectivity index (χ2n) is 6.56. The summed E-state index contributed by atoms with van der Waals surface area (Å²) in [5, 5.41) is 2.97. The highest BCUT2D eigenvalue weighted by Gasteiger charge is 2.22. The molecule has 0 aromatic heterocycles. The number of benzene rings is 1. The molecule has 132 valence electrons. The molecule has 24 heavy (non-hydrogen) atoms. The van der Waals surface area contributed by atoms with Gasteiger partial charge in [0.2, 0.25) is 11.8 Å². The summed E-state index contributed by atoms with van der Waals surface area (Å²) in [6, 6.07) is 7.95. The molecule has 1 aromatic rings. The van der Waals surface area contributed by atoms with Gasteiger partial charge in [-0.2, -0.15) is 0 Å². The maximum Gasteiger partial charge on any atom is 0.223 e. The van der Waals surface area contributed by atoms with Crippen LogP contribution >= 0.6 is 0 Å². The van der Waals surface area contributed by atoms with E-state index in [1.165, 1.54) is 0 Å². The maximum absolute atomic E-state index is 12.2. The van der Waals surface area contributed by atoms with Gasteiger partial charge in [-0.25, -0.2) is 0 Å². The smallest absolute Gasteiger partial charge is 0.223 e. The molecule has 1 saturated heterocycles. The SMILES string of the molecule is CC(=O)N(CCNC(=O)C1CCOCC1)c1ccccc1C(C)C. The van der Waals surface area contributed by atoms with Crippen LogP contribution in [0.4, 0.5) is 5.69 Å². The molecular formula is C19H28N2O3. The van der Waals surface area contributed by atoms with E-state index in [2.05, 4.69) is 25.2 Å². The van der Waals surface area contributed by atoms with Gasteiger partial charge in [0.1, 0.15) is 0 Å². The quantitative estimate of drug-likeness (QED) is 0.871. The van der Waals surface area contributed by atoms with Crippen molar-refractivity contribution in [1.82, 2.24) is 5.32 Å². The zero-order chi connectivity index (χ0) is 17.5. The van der Waals surface area contributed by atoms with E-state index in [1.54, 1.807) is 11.8 Å². The standard InChI is InChI=1S/C19H28N2O3/c1-14(2)17-6-4-5-7-18(17)21(15(3)22)11-10-20-19(23)16-8-12-24-13-9-16/h4-7,14,16H,8-13H2,1-3H3,(H,20,23). The number of hydrogen-bond donors (Lipinski definition) is 1. The highest BCUT2D eigenvalue weighted by atomic mass is 16.5. The molecule has 2 amide bonds. The molecule has 1 aliphatic rings. The molecular weight excluding hydrogens is 304 g/mol. The maximum atomic E-state index is 12.2. The van der Waals surface area contributed by atoms with Crippen molar-refractivity contribution in [1.29, 1.82) is 0 Å². The summed E-state index contributed by atoms with van der Waals surface area (Å²) in [6.07, 6.45) is 1.55. The van der Waals surface area contributed by atoms with Crippen LogP contribution in [-0.2, 0) is 14.3 Å². The van der Waals surface area contributed by atoms with Gasteiger partial charge in [0, 0.05) is 44.8 Å². The predicted octanol–water partition coefficient (Wildman–Crippen LogP) is 2.71. The molecule has 5 nitrogen and oxygen atoms in total. The molecule has 0 radical (unpaired) electrons. The van der Waals surface area contributed by atoms with Gasteiger partial charge in [0.25, 0.3) is 0 Å². The van der Waals surface area contributed by atoms with Gasteiger partial charge < -0.3 is 15.0 Å². The van der Waals surface area contributed by atoms with Crippen molar-refractivity contribution in [3.63, 3.8) is 0 Å². The molecule has 0 atom stereocenters. The lowest BCUT2D eigenvalue weighted by atomic mass is 9.99. The molecule has 1 aromatic carbocycles. The first-order chi connectivity index (χ1) is 11.5. The normalized spacial score (nSPS) is 15.3. The number of carbonyl (C=O) groups is 2. The topological polar surface area (TPSA) is 58.6 Å². The Kier molecular flexibility index (Phi) is 6.79. The number of hydrogen-bond acceptors (Lipinski definition) is 3. The molecule has 1 N–H and O–H groups in total. The number of amides is 2. The first-order valence-electron chi connectivity index (χ1n) is 8.73. The van der Waals surface area contributed by atoms with Crippen LogP contribution in [0.5, 0.6) is 0 Å². The lowest BCUT2D eigenvalue weighted by Gasteiger charge is -2.26. The predicted molar refractivity (Wildman–Crippen MR) is 95.1 cm³/mol. The van der Waals surface area contributed by atoms with Crippen molar-refractivity contribution in [2.75, 3.05) is 31.2 Å². The highest BCUT2D eigenvalue weighted by molar-refractivity contribution is 5.92. The summed E-state index contributed by atoms with van der Waals surface area (Å²) in [6.45, 7) is 8.04. The third kappa shape index (κ3) is 4.81. The van der Waals surface area contributed by atoms with E-state index in [4.69, 9.17) is 4.74 Å². The fourth-order valence-corrected chi connectivity index (χ4v) is 3.06. The molecule has 1 fully saturated rings. The van der Waals surface area contributed by atoms with Gasteiger partial charge >= 0.3 is 0 Å². The number of ether oxygens (including phenoxy) is 1. The Hall–Kier alpha value is -1.88. The van der Waals surface area contributed by atoms with E-state index in [9.17, 15) is 9.59 Å². The second kappa shape index (κ2) is 8.83. The Labute approximate surface area is 144 Å². The number of para-hydroxylation sites is 1. The van der Waals surface area contributed by atoms with Crippen molar-refractivity contribution < 1.29 is 14.3 Å². The van der Waals surface area contributed by atoms with Crippen LogP contribution in [-0.4, -0.2) is 38.1 Å². The van der Waals surface area contributed by atoms with Crippen LogP contribution in [0, 0.1) is 5.92 Å². The zero-order valence-electron chi connectivity index (χ0n) is 14.9. The van der Waals surface area contributed by atoms with E-state index >= 15 is 0 Å². The summed E-state index contributed by atoms with van der Waals surface area (Å²) >= 11 is 0. The summed E-state index contributed by atoms with van der Waals surface area (Å²) in [7, 11) is 0. The minimum atomic E-state index is -0.0107. The molecule has 5 heteroatoms. The number of carbonyl (C=O) groups excluding carboxylic acids is 2. The van der Waals surface area contributed by atoms with E-state index in [-0.39, 0.29) is 17.7 Å². The highest BCUT2D eigenvalue weighted by Crippen LogP contribution is 2.27. The molecule has 0 saturated carbocycles. The average molecular weight is 332 g/mol. The van der Waals surface area contributed by atoms with Crippen LogP contribution in [0.1, 0.15) is 45.1 Å². The van der Waals surface area contributed by atoms with Gasteiger partial charge in [-0.3, -0.25) is 9.59 Å². The van der Waals surface area contributed by atoms with Crippen molar-refractivity contribution >= 4 is 17.5 Å². The molecule has 2 rings (SSSR count). The minimum Gasteiger partial charge on any atom is -0.381 e. The molecule has 0 aliphatic carbocycles. The third-order valence-corrected chi connectivity index (χ3v) is 4.46. The Morgan fingerprint density at radius 1 is 1.25 bits per heavy atom. The van der Waals surface area contributed by atoms with Gasteiger partial charge in [0.05, 0.1) is 0 Å². The number of nitrogens with zero attached hydrogens (tertiary/aromatic N) is 1. The van der Waals surface area contributed by atoms with Crippen LogP contribution in [0.2, 0.25) is 0 Å². The molecule has 1 heterocycles. The summed E-state index contributed by atoms with van der Waals surface area (Å²) in [5.41, 5.74) is 2.07. The van der Waals surface area contributed by atoms with Gasteiger partial charge in [0.15, 0.2) is 0 Å². The van der Waals surface area contributed by atoms with E-state index in [0.717, 1.165) is 24.1 Å². The number of anilines is 1. The zero-order valence-corrected chi connectivity index (χ0v) is 14.9. The van der Waals surface area contributed by atoms with Gasteiger partial charge in [-0.1, -0.05) is 32.0 Å². The van der Waals surface area contributed by atoms with Crippen LogP contribution in [0.25, 0.3) is 0 Å². The van der Waals surface area contributed by atoms with Crippen LogP contribution in [0.3, 0.4) is 0 Å². The molecule has 1 aliphatic heterocycles. The first kappa shape index (κ1) is 18.5. The fourth-order valence-electron chi connectivity index (χ4n) is 3.06.